The lowest BCUT2D eigenvalue weighted by molar-refractivity contribution is -0.137. The number of hydrogen-bond acceptors (Lipinski definition) is 4. The van der Waals surface area contributed by atoms with Crippen molar-refractivity contribution < 1.29 is 19.4 Å². The third kappa shape index (κ3) is 5.13. The van der Waals surface area contributed by atoms with Gasteiger partial charge in [-0.05, 0) is 49.9 Å². The first-order valence-electron chi connectivity index (χ1n) is 8.30. The molecule has 2 rings (SSSR count). The summed E-state index contributed by atoms with van der Waals surface area (Å²) in [5, 5.41) is 8.89. The van der Waals surface area contributed by atoms with Gasteiger partial charge in [0.1, 0.15) is 0 Å². The Bertz CT molecular complexity index is 518. The van der Waals surface area contributed by atoms with Gasteiger partial charge in [0.25, 0.3) is 0 Å². The first kappa shape index (κ1) is 17.6. The van der Waals surface area contributed by atoms with Crippen LogP contribution in [0.4, 0.5) is 0 Å². The van der Waals surface area contributed by atoms with Crippen LogP contribution in [0.2, 0.25) is 0 Å². The number of aryl methyl sites for hydroxylation is 1. The normalized spacial score (nSPS) is 18.6. The van der Waals surface area contributed by atoms with Crippen molar-refractivity contribution in [3.63, 3.8) is 0 Å². The second kappa shape index (κ2) is 8.77. The number of aliphatic carboxylic acids is 1. The summed E-state index contributed by atoms with van der Waals surface area (Å²) in [6.07, 6.45) is 5.82. The van der Waals surface area contributed by atoms with E-state index in [4.69, 9.17) is 14.6 Å². The number of carboxylic acid groups (broad SMARTS) is 1. The highest BCUT2D eigenvalue weighted by Gasteiger charge is 2.22. The molecule has 0 aliphatic carbocycles. The van der Waals surface area contributed by atoms with Gasteiger partial charge in [-0.3, -0.25) is 9.69 Å². The molecule has 1 atom stereocenters. The highest BCUT2D eigenvalue weighted by molar-refractivity contribution is 5.66. The van der Waals surface area contributed by atoms with Crippen molar-refractivity contribution in [2.45, 2.75) is 44.6 Å². The van der Waals surface area contributed by atoms with Crippen LogP contribution in [0, 0.1) is 0 Å². The lowest BCUT2D eigenvalue weighted by atomic mass is 9.95. The van der Waals surface area contributed by atoms with Gasteiger partial charge in [-0.1, -0.05) is 12.5 Å². The maximum absolute atomic E-state index is 10.8. The number of piperidine rings is 1. The average Bonchev–Trinajstić information content (AvgIpc) is 2.58. The van der Waals surface area contributed by atoms with Crippen molar-refractivity contribution in [3.8, 4) is 11.5 Å². The second-order valence-electron chi connectivity index (χ2n) is 6.06. The summed E-state index contributed by atoms with van der Waals surface area (Å²) >= 11 is 0. The molecule has 1 saturated heterocycles. The molecule has 1 aromatic rings. The molecule has 1 aromatic carbocycles. The van der Waals surface area contributed by atoms with Crippen LogP contribution < -0.4 is 9.47 Å². The molecule has 128 valence electrons. The van der Waals surface area contributed by atoms with Gasteiger partial charge in [0.05, 0.1) is 20.6 Å². The van der Waals surface area contributed by atoms with E-state index in [-0.39, 0.29) is 6.42 Å². The topological polar surface area (TPSA) is 59.0 Å². The second-order valence-corrected chi connectivity index (χ2v) is 6.06. The van der Waals surface area contributed by atoms with E-state index < -0.39 is 5.97 Å². The number of hydrogen-bond donors (Lipinski definition) is 1. The quantitative estimate of drug-likeness (QED) is 0.798. The fourth-order valence-corrected chi connectivity index (χ4v) is 3.29. The van der Waals surface area contributed by atoms with E-state index in [0.29, 0.717) is 12.6 Å². The molecule has 1 N–H and O–H groups in total. The highest BCUT2D eigenvalue weighted by atomic mass is 16.5. The lowest BCUT2D eigenvalue weighted by Gasteiger charge is -2.35. The minimum atomic E-state index is -0.714. The summed E-state index contributed by atoms with van der Waals surface area (Å²) in [4.78, 5) is 13.2. The zero-order valence-electron chi connectivity index (χ0n) is 14.1. The molecule has 1 heterocycles. The molecule has 0 unspecified atom stereocenters. The molecule has 0 aromatic heterocycles. The maximum atomic E-state index is 10.8. The highest BCUT2D eigenvalue weighted by Crippen LogP contribution is 2.29. The first-order valence-corrected chi connectivity index (χ1v) is 8.30. The Morgan fingerprint density at radius 1 is 1.26 bits per heavy atom. The number of nitrogens with zero attached hydrogens (tertiary/aromatic N) is 1. The molecule has 0 amide bonds. The molecule has 0 saturated carbocycles. The van der Waals surface area contributed by atoms with E-state index in [9.17, 15) is 4.79 Å². The number of likely N-dealkylation sites (tertiary alicyclic amines) is 1. The van der Waals surface area contributed by atoms with E-state index in [0.717, 1.165) is 37.3 Å². The Labute approximate surface area is 138 Å². The van der Waals surface area contributed by atoms with Crippen molar-refractivity contribution >= 4 is 5.97 Å². The van der Waals surface area contributed by atoms with Crippen LogP contribution in [0.1, 0.15) is 37.7 Å². The smallest absolute Gasteiger partial charge is 0.304 e. The Morgan fingerprint density at radius 2 is 2.04 bits per heavy atom. The summed E-state index contributed by atoms with van der Waals surface area (Å²) in [7, 11) is 3.29. The minimum Gasteiger partial charge on any atom is -0.493 e. The molecule has 1 aliphatic rings. The average molecular weight is 321 g/mol. The molecule has 5 nitrogen and oxygen atoms in total. The number of carbonyl (C=O) groups is 1. The van der Waals surface area contributed by atoms with Gasteiger partial charge >= 0.3 is 5.97 Å². The Balaban J connectivity index is 1.93. The van der Waals surface area contributed by atoms with Crippen molar-refractivity contribution in [1.29, 1.82) is 0 Å². The molecule has 1 fully saturated rings. The molecule has 23 heavy (non-hydrogen) atoms. The van der Waals surface area contributed by atoms with Gasteiger partial charge in [-0.25, -0.2) is 0 Å². The van der Waals surface area contributed by atoms with Crippen molar-refractivity contribution in [3.05, 3.63) is 23.8 Å². The molecule has 5 heteroatoms. The maximum Gasteiger partial charge on any atom is 0.304 e. The van der Waals surface area contributed by atoms with Crippen molar-refractivity contribution in [2.24, 2.45) is 0 Å². The summed E-state index contributed by atoms with van der Waals surface area (Å²) in [5.74, 6) is 0.794. The van der Waals surface area contributed by atoms with Crippen LogP contribution in [0.5, 0.6) is 11.5 Å². The van der Waals surface area contributed by atoms with Crippen molar-refractivity contribution in [2.75, 3.05) is 27.3 Å². The first-order chi connectivity index (χ1) is 11.1. The van der Waals surface area contributed by atoms with E-state index in [1.54, 1.807) is 14.2 Å². The van der Waals surface area contributed by atoms with Gasteiger partial charge in [0.15, 0.2) is 11.5 Å². The van der Waals surface area contributed by atoms with E-state index in [2.05, 4.69) is 11.0 Å². The molecular weight excluding hydrogens is 294 g/mol. The Morgan fingerprint density at radius 3 is 2.74 bits per heavy atom. The van der Waals surface area contributed by atoms with Crippen LogP contribution in [0.25, 0.3) is 0 Å². The SMILES string of the molecule is COc1ccc(CC[C@@H]2CCCCN2CCC(=O)O)cc1OC. The Kier molecular flexibility index (Phi) is 6.71. The molecular formula is C18H27NO4. The van der Waals surface area contributed by atoms with Crippen molar-refractivity contribution in [1.82, 2.24) is 4.90 Å². The standard InChI is InChI=1S/C18H27NO4/c1-22-16-9-7-14(13-17(16)23-2)6-8-15-5-3-4-11-19(15)12-10-18(20)21/h7,9,13,15H,3-6,8,10-12H2,1-2H3,(H,20,21)/t15-/m0/s1. The molecule has 1 aliphatic heterocycles. The third-order valence-electron chi connectivity index (χ3n) is 4.58. The van der Waals surface area contributed by atoms with Gasteiger partial charge < -0.3 is 14.6 Å². The van der Waals surface area contributed by atoms with Gasteiger partial charge in [0.2, 0.25) is 0 Å². The fourth-order valence-electron chi connectivity index (χ4n) is 3.29. The fraction of sp³-hybridized carbons (Fsp3) is 0.611. The number of ether oxygens (including phenoxy) is 2. The van der Waals surface area contributed by atoms with E-state index in [1.165, 1.54) is 18.4 Å². The zero-order valence-corrected chi connectivity index (χ0v) is 14.1. The number of carboxylic acids is 1. The predicted molar refractivity (Wildman–Crippen MR) is 89.3 cm³/mol. The van der Waals surface area contributed by atoms with Crippen LogP contribution in [-0.4, -0.2) is 49.3 Å². The van der Waals surface area contributed by atoms with Gasteiger partial charge in [-0.15, -0.1) is 0 Å². The van der Waals surface area contributed by atoms with Crippen LogP contribution in [0.15, 0.2) is 18.2 Å². The largest absolute Gasteiger partial charge is 0.493 e. The molecule has 0 spiro atoms. The minimum absolute atomic E-state index is 0.229. The summed E-state index contributed by atoms with van der Waals surface area (Å²) < 4.78 is 10.6. The monoisotopic (exact) mass is 321 g/mol. The number of methoxy groups -OCH3 is 2. The molecule has 0 radical (unpaired) electrons. The predicted octanol–water partition coefficient (Wildman–Crippen LogP) is 2.97. The zero-order chi connectivity index (χ0) is 16.7. The summed E-state index contributed by atoms with van der Waals surface area (Å²) in [6.45, 7) is 1.68. The van der Waals surface area contributed by atoms with Crippen LogP contribution in [0.3, 0.4) is 0 Å². The van der Waals surface area contributed by atoms with Gasteiger partial charge in [0, 0.05) is 12.6 Å². The summed E-state index contributed by atoms with van der Waals surface area (Å²) in [6, 6.07) is 6.53. The molecule has 0 bridgehead atoms. The number of benzene rings is 1. The van der Waals surface area contributed by atoms with E-state index in [1.807, 2.05) is 12.1 Å². The van der Waals surface area contributed by atoms with E-state index >= 15 is 0 Å². The lowest BCUT2D eigenvalue weighted by Crippen LogP contribution is -2.40. The van der Waals surface area contributed by atoms with Gasteiger partial charge in [-0.2, -0.15) is 0 Å². The third-order valence-corrected chi connectivity index (χ3v) is 4.58. The Hall–Kier alpha value is -1.75. The summed E-state index contributed by atoms with van der Waals surface area (Å²) in [5.41, 5.74) is 1.23. The number of rotatable bonds is 8. The van der Waals surface area contributed by atoms with Crippen LogP contribution >= 0.6 is 0 Å². The van der Waals surface area contributed by atoms with Crippen LogP contribution in [-0.2, 0) is 11.2 Å².